The molecule has 1 aromatic heterocycles. The minimum absolute atomic E-state index is 0.634. The maximum absolute atomic E-state index is 5.67. The minimum Gasteiger partial charge on any atom is -0.375 e. The second-order valence-electron chi connectivity index (χ2n) is 4.43. The third-order valence-corrected chi connectivity index (χ3v) is 4.11. The minimum atomic E-state index is 0.634. The summed E-state index contributed by atoms with van der Waals surface area (Å²) >= 11 is 1.55. The summed E-state index contributed by atoms with van der Waals surface area (Å²) < 4.78 is 0. The normalized spacial score (nSPS) is 14.8. The Bertz CT molecular complexity index is 547. The lowest BCUT2D eigenvalue weighted by molar-refractivity contribution is 0.745. The summed E-state index contributed by atoms with van der Waals surface area (Å²) in [5.41, 5.74) is 9.70. The van der Waals surface area contributed by atoms with Gasteiger partial charge in [-0.2, -0.15) is 0 Å². The van der Waals surface area contributed by atoms with Gasteiger partial charge >= 0.3 is 0 Å². The van der Waals surface area contributed by atoms with Gasteiger partial charge in [0.1, 0.15) is 0 Å². The van der Waals surface area contributed by atoms with Crippen LogP contribution in [0.3, 0.4) is 0 Å². The summed E-state index contributed by atoms with van der Waals surface area (Å²) in [5.74, 6) is 0. The Hall–Kier alpha value is -1.55. The fourth-order valence-electron chi connectivity index (χ4n) is 2.36. The van der Waals surface area contributed by atoms with E-state index >= 15 is 0 Å². The van der Waals surface area contributed by atoms with E-state index in [-0.39, 0.29) is 0 Å². The Morgan fingerprint density at radius 3 is 3.06 bits per heavy atom. The van der Waals surface area contributed by atoms with E-state index in [9.17, 15) is 0 Å². The Morgan fingerprint density at radius 2 is 2.29 bits per heavy atom. The van der Waals surface area contributed by atoms with E-state index in [4.69, 9.17) is 5.73 Å². The van der Waals surface area contributed by atoms with Crippen molar-refractivity contribution in [1.82, 2.24) is 4.98 Å². The van der Waals surface area contributed by atoms with Crippen molar-refractivity contribution in [2.24, 2.45) is 0 Å². The molecular formula is C13H15N3S. The lowest BCUT2D eigenvalue weighted by Crippen LogP contribution is -2.24. The first kappa shape index (κ1) is 10.6. The Kier molecular flexibility index (Phi) is 2.52. The number of aryl methyl sites for hydroxylation is 1. The van der Waals surface area contributed by atoms with Gasteiger partial charge in [0.2, 0.25) is 0 Å². The molecule has 0 amide bonds. The van der Waals surface area contributed by atoms with E-state index in [1.165, 1.54) is 29.7 Å². The van der Waals surface area contributed by atoms with Gasteiger partial charge in [-0.15, -0.1) is 0 Å². The summed E-state index contributed by atoms with van der Waals surface area (Å²) in [7, 11) is 2.16. The second kappa shape index (κ2) is 4.04. The maximum atomic E-state index is 5.67. The molecule has 2 aromatic rings. The Labute approximate surface area is 105 Å². The van der Waals surface area contributed by atoms with Crippen LogP contribution in [-0.2, 0) is 6.42 Å². The molecule has 0 saturated heterocycles. The monoisotopic (exact) mass is 245 g/mol. The average Bonchev–Trinajstić information content (AvgIpc) is 2.76. The highest BCUT2D eigenvalue weighted by Gasteiger charge is 2.14. The van der Waals surface area contributed by atoms with Crippen molar-refractivity contribution in [3.63, 3.8) is 0 Å². The molecule has 0 bridgehead atoms. The molecule has 2 heterocycles. The van der Waals surface area contributed by atoms with Crippen molar-refractivity contribution in [3.8, 4) is 10.4 Å². The standard InChI is InChI=1S/C13H15N3S/c1-16-6-2-3-9-7-10(4-5-11(9)16)12-8-15-13(14)17-12/h4-5,7-8H,2-3,6H2,1H3,(H2,14,15). The number of hydrogen-bond donors (Lipinski definition) is 1. The SMILES string of the molecule is CN1CCCc2cc(-c3cnc(N)s3)ccc21. The van der Waals surface area contributed by atoms with Crippen molar-refractivity contribution >= 4 is 22.2 Å². The number of anilines is 2. The van der Waals surface area contributed by atoms with Gasteiger partial charge in [-0.05, 0) is 36.1 Å². The smallest absolute Gasteiger partial charge is 0.180 e. The van der Waals surface area contributed by atoms with E-state index in [1.54, 1.807) is 11.3 Å². The number of hydrogen-bond acceptors (Lipinski definition) is 4. The van der Waals surface area contributed by atoms with E-state index < -0.39 is 0 Å². The first-order chi connectivity index (χ1) is 8.24. The molecule has 1 aliphatic heterocycles. The summed E-state index contributed by atoms with van der Waals surface area (Å²) in [6.45, 7) is 1.15. The molecule has 3 rings (SSSR count). The zero-order chi connectivity index (χ0) is 11.8. The van der Waals surface area contributed by atoms with Gasteiger partial charge in [0.15, 0.2) is 5.13 Å². The molecule has 2 N–H and O–H groups in total. The number of rotatable bonds is 1. The molecule has 1 aromatic carbocycles. The quantitative estimate of drug-likeness (QED) is 0.840. The molecule has 0 aliphatic carbocycles. The fraction of sp³-hybridized carbons (Fsp3) is 0.308. The average molecular weight is 245 g/mol. The van der Waals surface area contributed by atoms with Crippen molar-refractivity contribution in [2.45, 2.75) is 12.8 Å². The van der Waals surface area contributed by atoms with Crippen molar-refractivity contribution < 1.29 is 0 Å². The highest BCUT2D eigenvalue weighted by molar-refractivity contribution is 7.18. The van der Waals surface area contributed by atoms with Crippen LogP contribution in [0.2, 0.25) is 0 Å². The third-order valence-electron chi connectivity index (χ3n) is 3.24. The van der Waals surface area contributed by atoms with Crippen LogP contribution in [0.25, 0.3) is 10.4 Å². The van der Waals surface area contributed by atoms with E-state index in [2.05, 4.69) is 35.1 Å². The molecule has 1 aliphatic rings. The molecule has 0 spiro atoms. The van der Waals surface area contributed by atoms with Crippen LogP contribution in [-0.4, -0.2) is 18.6 Å². The van der Waals surface area contributed by atoms with Gasteiger partial charge in [-0.3, -0.25) is 0 Å². The van der Waals surface area contributed by atoms with Gasteiger partial charge in [-0.25, -0.2) is 4.98 Å². The van der Waals surface area contributed by atoms with E-state index in [0.717, 1.165) is 11.4 Å². The van der Waals surface area contributed by atoms with Crippen LogP contribution in [0.4, 0.5) is 10.8 Å². The molecule has 0 fully saturated rings. The van der Waals surface area contributed by atoms with Crippen LogP contribution in [0, 0.1) is 0 Å². The van der Waals surface area contributed by atoms with Gasteiger partial charge in [0, 0.05) is 25.5 Å². The first-order valence-corrected chi connectivity index (χ1v) is 6.61. The Balaban J connectivity index is 2.03. The highest BCUT2D eigenvalue weighted by atomic mass is 32.1. The van der Waals surface area contributed by atoms with Crippen LogP contribution < -0.4 is 10.6 Å². The molecular weight excluding hydrogens is 230 g/mol. The summed E-state index contributed by atoms with van der Waals surface area (Å²) in [5, 5.41) is 0.634. The van der Waals surface area contributed by atoms with Crippen molar-refractivity contribution in [2.75, 3.05) is 24.2 Å². The lowest BCUT2D eigenvalue weighted by Gasteiger charge is -2.27. The molecule has 3 nitrogen and oxygen atoms in total. The number of thiazole rings is 1. The first-order valence-electron chi connectivity index (χ1n) is 5.80. The van der Waals surface area contributed by atoms with E-state index in [1.807, 2.05) is 6.20 Å². The molecule has 0 atom stereocenters. The summed E-state index contributed by atoms with van der Waals surface area (Å²) in [4.78, 5) is 7.58. The zero-order valence-electron chi connectivity index (χ0n) is 9.81. The molecule has 88 valence electrons. The number of fused-ring (bicyclic) bond motifs is 1. The largest absolute Gasteiger partial charge is 0.375 e. The zero-order valence-corrected chi connectivity index (χ0v) is 10.6. The molecule has 17 heavy (non-hydrogen) atoms. The molecule has 0 saturated carbocycles. The summed E-state index contributed by atoms with van der Waals surface area (Å²) in [6, 6.07) is 6.64. The number of benzene rings is 1. The van der Waals surface area contributed by atoms with Crippen LogP contribution >= 0.6 is 11.3 Å². The highest BCUT2D eigenvalue weighted by Crippen LogP contribution is 2.33. The number of nitrogens with two attached hydrogens (primary N) is 1. The number of nitrogens with zero attached hydrogens (tertiary/aromatic N) is 2. The Morgan fingerprint density at radius 1 is 1.41 bits per heavy atom. The second-order valence-corrected chi connectivity index (χ2v) is 5.49. The molecule has 0 unspecified atom stereocenters. The van der Waals surface area contributed by atoms with Gasteiger partial charge in [0.05, 0.1) is 4.88 Å². The van der Waals surface area contributed by atoms with Crippen LogP contribution in [0.5, 0.6) is 0 Å². The van der Waals surface area contributed by atoms with Crippen LogP contribution in [0.15, 0.2) is 24.4 Å². The van der Waals surface area contributed by atoms with Gasteiger partial charge in [-0.1, -0.05) is 17.4 Å². The van der Waals surface area contributed by atoms with Crippen molar-refractivity contribution in [1.29, 1.82) is 0 Å². The fourth-order valence-corrected chi connectivity index (χ4v) is 3.04. The number of aromatic nitrogens is 1. The maximum Gasteiger partial charge on any atom is 0.180 e. The van der Waals surface area contributed by atoms with Crippen molar-refractivity contribution in [3.05, 3.63) is 30.0 Å². The van der Waals surface area contributed by atoms with Gasteiger partial charge < -0.3 is 10.6 Å². The van der Waals surface area contributed by atoms with Gasteiger partial charge in [0.25, 0.3) is 0 Å². The predicted octanol–water partition coefficient (Wildman–Crippen LogP) is 2.77. The predicted molar refractivity (Wildman–Crippen MR) is 73.6 cm³/mol. The topological polar surface area (TPSA) is 42.2 Å². The molecule has 4 heteroatoms. The third kappa shape index (κ3) is 1.89. The summed E-state index contributed by atoms with van der Waals surface area (Å²) in [6.07, 6.45) is 4.26. The van der Waals surface area contributed by atoms with Crippen LogP contribution in [0.1, 0.15) is 12.0 Å². The lowest BCUT2D eigenvalue weighted by atomic mass is 9.99. The number of nitrogen functional groups attached to an aromatic ring is 1. The van der Waals surface area contributed by atoms with E-state index in [0.29, 0.717) is 5.13 Å². The molecule has 0 radical (unpaired) electrons.